The summed E-state index contributed by atoms with van der Waals surface area (Å²) in [6.07, 6.45) is 1.70. The summed E-state index contributed by atoms with van der Waals surface area (Å²) in [6, 6.07) is 0. The smallest absolute Gasteiger partial charge is 0.164 e. The Morgan fingerprint density at radius 2 is 2.20 bits per heavy atom. The van der Waals surface area contributed by atoms with Crippen LogP contribution in [-0.4, -0.2) is 33.5 Å². The molecule has 0 amide bonds. The first-order chi connectivity index (χ1) is 6.97. The fourth-order valence-corrected chi connectivity index (χ4v) is 1.09. The Morgan fingerprint density at radius 1 is 1.47 bits per heavy atom. The normalized spacial score (nSPS) is 12.0. The summed E-state index contributed by atoms with van der Waals surface area (Å²) in [7, 11) is 1.86. The number of hydrogen-bond acceptors (Lipinski definition) is 4. The van der Waals surface area contributed by atoms with E-state index < -0.39 is 0 Å². The molecule has 0 radical (unpaired) electrons. The second-order valence-corrected chi connectivity index (χ2v) is 4.47. The lowest BCUT2D eigenvalue weighted by Crippen LogP contribution is -2.26. The lowest BCUT2D eigenvalue weighted by atomic mass is 10.2. The van der Waals surface area contributed by atoms with Gasteiger partial charge in [0.1, 0.15) is 6.33 Å². The zero-order chi connectivity index (χ0) is 11.3. The van der Waals surface area contributed by atoms with Gasteiger partial charge < -0.3 is 10.1 Å². The molecule has 5 heteroatoms. The van der Waals surface area contributed by atoms with Gasteiger partial charge in [-0.05, 0) is 20.8 Å². The van der Waals surface area contributed by atoms with Crippen molar-refractivity contribution in [1.29, 1.82) is 0 Å². The quantitative estimate of drug-likeness (QED) is 0.731. The first-order valence-electron chi connectivity index (χ1n) is 5.16. The van der Waals surface area contributed by atoms with E-state index in [-0.39, 0.29) is 5.60 Å². The summed E-state index contributed by atoms with van der Waals surface area (Å²) < 4.78 is 7.26. The summed E-state index contributed by atoms with van der Waals surface area (Å²) in [5.41, 5.74) is -0.0646. The highest BCUT2D eigenvalue weighted by molar-refractivity contribution is 4.79. The first kappa shape index (κ1) is 12.1. The van der Waals surface area contributed by atoms with Crippen molar-refractivity contribution < 1.29 is 4.74 Å². The molecule has 0 bridgehead atoms. The number of aryl methyl sites for hydroxylation is 1. The Hall–Kier alpha value is -0.940. The number of aromatic nitrogens is 3. The van der Waals surface area contributed by atoms with Crippen molar-refractivity contribution >= 4 is 0 Å². The van der Waals surface area contributed by atoms with Crippen molar-refractivity contribution in [3.8, 4) is 0 Å². The van der Waals surface area contributed by atoms with E-state index in [1.54, 1.807) is 11.0 Å². The van der Waals surface area contributed by atoms with Crippen LogP contribution in [0.15, 0.2) is 6.33 Å². The molecule has 1 N–H and O–H groups in total. The van der Waals surface area contributed by atoms with Gasteiger partial charge in [0.05, 0.1) is 18.8 Å². The minimum atomic E-state index is -0.0646. The van der Waals surface area contributed by atoms with Crippen molar-refractivity contribution in [2.24, 2.45) is 7.05 Å². The zero-order valence-electron chi connectivity index (χ0n) is 9.95. The Balaban J connectivity index is 2.07. The van der Waals surface area contributed by atoms with E-state index in [0.717, 1.165) is 12.4 Å². The molecule has 1 rings (SSSR count). The topological polar surface area (TPSA) is 52.0 Å². The van der Waals surface area contributed by atoms with Crippen molar-refractivity contribution in [3.63, 3.8) is 0 Å². The molecule has 0 aliphatic carbocycles. The molecule has 0 aliphatic heterocycles. The summed E-state index contributed by atoms with van der Waals surface area (Å²) in [6.45, 7) is 8.36. The molecular weight excluding hydrogens is 192 g/mol. The molecule has 0 fully saturated rings. The highest BCUT2D eigenvalue weighted by Gasteiger charge is 2.08. The number of nitrogens with one attached hydrogen (secondary N) is 1. The highest BCUT2D eigenvalue weighted by atomic mass is 16.5. The molecule has 0 saturated heterocycles. The number of ether oxygens (including phenoxy) is 1. The maximum Gasteiger partial charge on any atom is 0.164 e. The summed E-state index contributed by atoms with van der Waals surface area (Å²) >= 11 is 0. The van der Waals surface area contributed by atoms with Gasteiger partial charge in [-0.15, -0.1) is 0 Å². The maximum absolute atomic E-state index is 5.56. The van der Waals surface area contributed by atoms with E-state index >= 15 is 0 Å². The van der Waals surface area contributed by atoms with Crippen LogP contribution in [0.3, 0.4) is 0 Å². The van der Waals surface area contributed by atoms with Crippen LogP contribution in [0.2, 0.25) is 0 Å². The average molecular weight is 212 g/mol. The monoisotopic (exact) mass is 212 g/mol. The molecule has 0 unspecified atom stereocenters. The van der Waals surface area contributed by atoms with Gasteiger partial charge in [0.2, 0.25) is 0 Å². The van der Waals surface area contributed by atoms with E-state index in [1.807, 2.05) is 27.8 Å². The van der Waals surface area contributed by atoms with E-state index in [4.69, 9.17) is 4.74 Å². The van der Waals surface area contributed by atoms with Crippen LogP contribution in [0.1, 0.15) is 26.6 Å². The minimum absolute atomic E-state index is 0.0646. The van der Waals surface area contributed by atoms with Crippen LogP contribution >= 0.6 is 0 Å². The molecule has 0 spiro atoms. The van der Waals surface area contributed by atoms with Gasteiger partial charge in [-0.2, -0.15) is 5.10 Å². The molecule has 1 aromatic heterocycles. The predicted octanol–water partition coefficient (Wildman–Crippen LogP) is 0.720. The van der Waals surface area contributed by atoms with Crippen LogP contribution in [-0.2, 0) is 18.3 Å². The SMILES string of the molecule is Cn1cnc(CNCCOC(C)(C)C)n1. The number of nitrogens with zero attached hydrogens (tertiary/aromatic N) is 3. The Kier molecular flexibility index (Phi) is 4.23. The second-order valence-electron chi connectivity index (χ2n) is 4.47. The van der Waals surface area contributed by atoms with Crippen molar-refractivity contribution in [1.82, 2.24) is 20.1 Å². The summed E-state index contributed by atoms with van der Waals surface area (Å²) in [5, 5.41) is 7.38. The largest absolute Gasteiger partial charge is 0.375 e. The Bertz CT molecular complexity index is 290. The molecular formula is C10H20N4O. The zero-order valence-corrected chi connectivity index (χ0v) is 9.95. The van der Waals surface area contributed by atoms with E-state index in [9.17, 15) is 0 Å². The lowest BCUT2D eigenvalue weighted by Gasteiger charge is -2.19. The maximum atomic E-state index is 5.56. The van der Waals surface area contributed by atoms with Crippen LogP contribution in [0, 0.1) is 0 Å². The van der Waals surface area contributed by atoms with Crippen LogP contribution in [0.5, 0.6) is 0 Å². The van der Waals surface area contributed by atoms with Crippen molar-refractivity contribution in [2.75, 3.05) is 13.2 Å². The third kappa shape index (κ3) is 5.49. The molecule has 0 aromatic carbocycles. The molecule has 0 aliphatic rings. The van der Waals surface area contributed by atoms with Crippen molar-refractivity contribution in [2.45, 2.75) is 32.9 Å². The molecule has 1 heterocycles. The molecule has 0 atom stereocenters. The summed E-state index contributed by atoms with van der Waals surface area (Å²) in [5.74, 6) is 0.813. The van der Waals surface area contributed by atoms with E-state index in [0.29, 0.717) is 13.2 Å². The van der Waals surface area contributed by atoms with Gasteiger partial charge in [0.25, 0.3) is 0 Å². The van der Waals surface area contributed by atoms with Gasteiger partial charge in [-0.25, -0.2) is 4.98 Å². The van der Waals surface area contributed by atoms with Gasteiger partial charge in [-0.3, -0.25) is 4.68 Å². The minimum Gasteiger partial charge on any atom is -0.375 e. The second kappa shape index (κ2) is 5.23. The predicted molar refractivity (Wildman–Crippen MR) is 58.4 cm³/mol. The Labute approximate surface area is 90.8 Å². The van der Waals surface area contributed by atoms with Crippen molar-refractivity contribution in [3.05, 3.63) is 12.2 Å². The van der Waals surface area contributed by atoms with Gasteiger partial charge >= 0.3 is 0 Å². The van der Waals surface area contributed by atoms with E-state index in [1.165, 1.54) is 0 Å². The fourth-order valence-electron chi connectivity index (χ4n) is 1.09. The molecule has 1 aromatic rings. The van der Waals surface area contributed by atoms with Crippen LogP contribution in [0.4, 0.5) is 0 Å². The first-order valence-corrected chi connectivity index (χ1v) is 5.16. The van der Waals surface area contributed by atoms with Crippen LogP contribution < -0.4 is 5.32 Å². The molecule has 0 saturated carbocycles. The third-order valence-electron chi connectivity index (χ3n) is 1.74. The molecule has 86 valence electrons. The average Bonchev–Trinajstić information content (AvgIpc) is 2.49. The lowest BCUT2D eigenvalue weighted by molar-refractivity contribution is -0.000925. The molecule has 15 heavy (non-hydrogen) atoms. The van der Waals surface area contributed by atoms with Gasteiger partial charge in [0, 0.05) is 13.6 Å². The number of rotatable bonds is 5. The van der Waals surface area contributed by atoms with Crippen LogP contribution in [0.25, 0.3) is 0 Å². The Morgan fingerprint density at radius 3 is 2.73 bits per heavy atom. The van der Waals surface area contributed by atoms with Gasteiger partial charge in [-0.1, -0.05) is 0 Å². The van der Waals surface area contributed by atoms with E-state index in [2.05, 4.69) is 15.4 Å². The number of hydrogen-bond donors (Lipinski definition) is 1. The fraction of sp³-hybridized carbons (Fsp3) is 0.800. The third-order valence-corrected chi connectivity index (χ3v) is 1.74. The highest BCUT2D eigenvalue weighted by Crippen LogP contribution is 2.04. The summed E-state index contributed by atoms with van der Waals surface area (Å²) in [4.78, 5) is 4.11. The van der Waals surface area contributed by atoms with Gasteiger partial charge in [0.15, 0.2) is 5.82 Å². The standard InChI is InChI=1S/C10H20N4O/c1-10(2,3)15-6-5-11-7-9-12-8-14(4)13-9/h8,11H,5-7H2,1-4H3. The molecule has 5 nitrogen and oxygen atoms in total.